The third-order valence-electron chi connectivity index (χ3n) is 2.16. The Kier molecular flexibility index (Phi) is 5.47. The van der Waals surface area contributed by atoms with Gasteiger partial charge in [0.25, 0.3) is 0 Å². The summed E-state index contributed by atoms with van der Waals surface area (Å²) in [6, 6.07) is 5.64. The van der Waals surface area contributed by atoms with Gasteiger partial charge in [-0.25, -0.2) is 14.3 Å². The van der Waals surface area contributed by atoms with E-state index in [1.54, 1.807) is 11.6 Å². The molecule has 0 unspecified atom stereocenters. The van der Waals surface area contributed by atoms with Gasteiger partial charge in [-0.1, -0.05) is 12.1 Å². The van der Waals surface area contributed by atoms with E-state index in [1.807, 2.05) is 0 Å². The van der Waals surface area contributed by atoms with Crippen molar-refractivity contribution in [1.29, 1.82) is 0 Å². The first-order valence-corrected chi connectivity index (χ1v) is 7.08. The fourth-order valence-electron chi connectivity index (χ4n) is 1.25. The molecule has 1 aromatic carbocycles. The summed E-state index contributed by atoms with van der Waals surface area (Å²) < 4.78 is 31.1. The molecule has 0 bridgehead atoms. The van der Waals surface area contributed by atoms with Gasteiger partial charge in [-0.15, -0.1) is 0 Å². The van der Waals surface area contributed by atoms with E-state index < -0.39 is 22.3 Å². The summed E-state index contributed by atoms with van der Waals surface area (Å²) >= 11 is 0. The van der Waals surface area contributed by atoms with Gasteiger partial charge in [0.1, 0.15) is 0 Å². The van der Waals surface area contributed by atoms with Crippen molar-refractivity contribution in [2.75, 3.05) is 6.61 Å². The number of nitrogens with one attached hydrogen (secondary N) is 2. The molecule has 0 spiro atoms. The molecule has 0 aliphatic rings. The molecule has 0 saturated heterocycles. The largest absolute Gasteiger partial charge is 0.478 e. The number of carbonyl (C=O) groups excluding carboxylic acids is 1. The lowest BCUT2D eigenvalue weighted by atomic mass is 10.1. The first kappa shape index (κ1) is 15.9. The van der Waals surface area contributed by atoms with Crippen molar-refractivity contribution in [3.63, 3.8) is 0 Å². The topological polar surface area (TPSA) is 122 Å². The molecule has 0 atom stereocenters. The highest BCUT2D eigenvalue weighted by Crippen LogP contribution is 2.04. The van der Waals surface area contributed by atoms with E-state index in [-0.39, 0.29) is 18.7 Å². The van der Waals surface area contributed by atoms with Gasteiger partial charge < -0.3 is 9.84 Å². The normalized spacial score (nSPS) is 10.8. The Bertz CT molecular complexity index is 581. The Hall–Kier alpha value is -2.13. The summed E-state index contributed by atoms with van der Waals surface area (Å²) in [6.07, 6.45) is -1.07. The monoisotopic (exact) mass is 302 g/mol. The lowest BCUT2D eigenvalue weighted by Crippen LogP contribution is -2.40. The zero-order chi connectivity index (χ0) is 15.2. The smallest absolute Gasteiger partial charge is 0.421 e. The van der Waals surface area contributed by atoms with E-state index in [1.165, 1.54) is 24.3 Å². The summed E-state index contributed by atoms with van der Waals surface area (Å²) in [5.74, 6) is -1.07. The summed E-state index contributed by atoms with van der Waals surface area (Å²) in [4.78, 5) is 21.6. The summed E-state index contributed by atoms with van der Waals surface area (Å²) in [7, 11) is -4.02. The number of carboxylic acid groups (broad SMARTS) is 1. The van der Waals surface area contributed by atoms with Crippen LogP contribution in [0.3, 0.4) is 0 Å². The maximum absolute atomic E-state index is 11.4. The maximum Gasteiger partial charge on any atom is 0.421 e. The van der Waals surface area contributed by atoms with Gasteiger partial charge in [-0.2, -0.15) is 13.1 Å². The molecule has 1 aromatic rings. The van der Waals surface area contributed by atoms with Crippen molar-refractivity contribution in [1.82, 2.24) is 9.44 Å². The average Bonchev–Trinajstić information content (AvgIpc) is 2.36. The van der Waals surface area contributed by atoms with Gasteiger partial charge in [0, 0.05) is 6.54 Å². The molecule has 20 heavy (non-hydrogen) atoms. The highest BCUT2D eigenvalue weighted by Gasteiger charge is 2.14. The van der Waals surface area contributed by atoms with E-state index in [9.17, 15) is 18.0 Å². The first-order valence-electron chi connectivity index (χ1n) is 5.60. The third kappa shape index (κ3) is 5.24. The van der Waals surface area contributed by atoms with Crippen molar-refractivity contribution in [2.45, 2.75) is 13.5 Å². The number of rotatable bonds is 6. The van der Waals surface area contributed by atoms with Crippen molar-refractivity contribution in [3.8, 4) is 0 Å². The van der Waals surface area contributed by atoms with Crippen molar-refractivity contribution >= 4 is 22.3 Å². The highest BCUT2D eigenvalue weighted by atomic mass is 32.2. The summed E-state index contributed by atoms with van der Waals surface area (Å²) in [6.45, 7) is 1.51. The van der Waals surface area contributed by atoms with Crippen molar-refractivity contribution < 1.29 is 27.9 Å². The third-order valence-corrected chi connectivity index (χ3v) is 3.12. The number of hydrogen-bond acceptors (Lipinski definition) is 5. The molecule has 1 rings (SSSR count). The molecular formula is C11H14N2O6S. The van der Waals surface area contributed by atoms with Crippen LogP contribution in [0.5, 0.6) is 0 Å². The maximum atomic E-state index is 11.4. The van der Waals surface area contributed by atoms with E-state index in [2.05, 4.69) is 9.46 Å². The molecular weight excluding hydrogens is 288 g/mol. The summed E-state index contributed by atoms with van der Waals surface area (Å²) in [5.41, 5.74) is 0.644. The zero-order valence-electron chi connectivity index (χ0n) is 10.6. The van der Waals surface area contributed by atoms with E-state index in [0.717, 1.165) is 0 Å². The fourth-order valence-corrected chi connectivity index (χ4v) is 1.96. The molecule has 0 heterocycles. The van der Waals surface area contributed by atoms with Crippen LogP contribution in [0.2, 0.25) is 0 Å². The highest BCUT2D eigenvalue weighted by molar-refractivity contribution is 7.88. The Labute approximate surface area is 115 Å². The van der Waals surface area contributed by atoms with E-state index in [4.69, 9.17) is 5.11 Å². The molecule has 8 nitrogen and oxygen atoms in total. The van der Waals surface area contributed by atoms with Crippen LogP contribution < -0.4 is 9.44 Å². The number of benzene rings is 1. The molecule has 110 valence electrons. The minimum Gasteiger partial charge on any atom is -0.478 e. The van der Waals surface area contributed by atoms with Crippen LogP contribution in [0.1, 0.15) is 22.8 Å². The van der Waals surface area contributed by atoms with Crippen LogP contribution in [0.25, 0.3) is 0 Å². The number of carboxylic acids is 1. The Balaban J connectivity index is 2.57. The average molecular weight is 302 g/mol. The van der Waals surface area contributed by atoms with E-state index >= 15 is 0 Å². The zero-order valence-corrected chi connectivity index (χ0v) is 11.4. The van der Waals surface area contributed by atoms with Crippen LogP contribution in [-0.4, -0.2) is 32.2 Å². The number of hydrogen-bond donors (Lipinski definition) is 3. The van der Waals surface area contributed by atoms with Gasteiger partial charge in [0.05, 0.1) is 12.2 Å². The van der Waals surface area contributed by atoms with Crippen molar-refractivity contribution in [3.05, 3.63) is 35.4 Å². The van der Waals surface area contributed by atoms with E-state index in [0.29, 0.717) is 5.56 Å². The molecule has 9 heteroatoms. The van der Waals surface area contributed by atoms with Crippen LogP contribution in [0, 0.1) is 0 Å². The Morgan fingerprint density at radius 2 is 1.85 bits per heavy atom. The second-order valence-electron chi connectivity index (χ2n) is 3.65. The van der Waals surface area contributed by atoms with Gasteiger partial charge in [0.2, 0.25) is 0 Å². The number of amides is 1. The summed E-state index contributed by atoms with van der Waals surface area (Å²) in [5, 5.41) is 8.71. The van der Waals surface area contributed by atoms with Gasteiger partial charge in [0.15, 0.2) is 0 Å². The minimum absolute atomic E-state index is 0.0536. The molecule has 1 amide bonds. The predicted molar refractivity (Wildman–Crippen MR) is 69.3 cm³/mol. The number of ether oxygens (including phenoxy) is 1. The molecule has 3 N–H and O–H groups in total. The molecule has 0 saturated carbocycles. The number of aromatic carboxylic acids is 1. The van der Waals surface area contributed by atoms with Gasteiger partial charge in [-0.05, 0) is 24.6 Å². The first-order chi connectivity index (χ1) is 9.34. The van der Waals surface area contributed by atoms with Crippen LogP contribution >= 0.6 is 0 Å². The standard InChI is InChI=1S/C11H14N2O6S/c1-2-19-11(16)13-20(17,18)12-7-8-3-5-9(6-4-8)10(14)15/h3-6,12H,2,7H2,1H3,(H,13,16)(H,14,15). The van der Waals surface area contributed by atoms with Gasteiger partial charge >= 0.3 is 22.3 Å². The molecule has 0 aromatic heterocycles. The molecule has 0 radical (unpaired) electrons. The Morgan fingerprint density at radius 3 is 2.35 bits per heavy atom. The van der Waals surface area contributed by atoms with Gasteiger partial charge in [-0.3, -0.25) is 0 Å². The van der Waals surface area contributed by atoms with Crippen molar-refractivity contribution in [2.24, 2.45) is 0 Å². The van der Waals surface area contributed by atoms with Crippen LogP contribution in [-0.2, 0) is 21.5 Å². The second kappa shape index (κ2) is 6.87. The SMILES string of the molecule is CCOC(=O)NS(=O)(=O)NCc1ccc(C(=O)O)cc1. The molecule has 0 fully saturated rings. The quantitative estimate of drug-likeness (QED) is 0.702. The lowest BCUT2D eigenvalue weighted by molar-refractivity contribution is 0.0696. The predicted octanol–water partition coefficient (Wildman–Crippen LogP) is 0.465. The Morgan fingerprint density at radius 1 is 1.25 bits per heavy atom. The second-order valence-corrected chi connectivity index (χ2v) is 5.15. The lowest BCUT2D eigenvalue weighted by Gasteiger charge is -2.08. The van der Waals surface area contributed by atoms with Crippen LogP contribution in [0.4, 0.5) is 4.79 Å². The molecule has 0 aliphatic heterocycles. The van der Waals surface area contributed by atoms with Crippen LogP contribution in [0.15, 0.2) is 24.3 Å². The molecule has 0 aliphatic carbocycles. The number of carbonyl (C=O) groups is 2. The minimum atomic E-state index is -4.02. The fraction of sp³-hybridized carbons (Fsp3) is 0.273.